The summed E-state index contributed by atoms with van der Waals surface area (Å²) in [6.07, 6.45) is 4.20. The second-order valence-corrected chi connectivity index (χ2v) is 5.15. The largest absolute Gasteiger partial charge is 0.339 e. The van der Waals surface area contributed by atoms with E-state index in [0.717, 1.165) is 45.2 Å². The minimum atomic E-state index is 0.292. The van der Waals surface area contributed by atoms with Crippen molar-refractivity contribution in [1.82, 2.24) is 20.2 Å². The molecule has 2 aliphatic heterocycles. The van der Waals surface area contributed by atoms with Crippen LogP contribution in [-0.2, 0) is 4.79 Å². The molecule has 0 spiro atoms. The van der Waals surface area contributed by atoms with Gasteiger partial charge in [-0.25, -0.2) is 9.97 Å². The third-order valence-electron chi connectivity index (χ3n) is 3.80. The molecule has 19 heavy (non-hydrogen) atoms. The van der Waals surface area contributed by atoms with Crippen molar-refractivity contribution in [1.29, 1.82) is 0 Å². The van der Waals surface area contributed by atoms with E-state index in [-0.39, 0.29) is 0 Å². The van der Waals surface area contributed by atoms with E-state index in [2.05, 4.69) is 20.2 Å². The molecule has 3 rings (SSSR count). The van der Waals surface area contributed by atoms with Gasteiger partial charge >= 0.3 is 0 Å². The fourth-order valence-electron chi connectivity index (χ4n) is 2.48. The number of amides is 1. The molecule has 0 aliphatic carbocycles. The van der Waals surface area contributed by atoms with Crippen molar-refractivity contribution in [3.05, 3.63) is 18.5 Å². The number of hydrogen-bond acceptors (Lipinski definition) is 5. The lowest BCUT2D eigenvalue weighted by molar-refractivity contribution is -0.132. The molecule has 0 saturated carbocycles. The Bertz CT molecular complexity index is 426. The molecule has 102 valence electrons. The summed E-state index contributed by atoms with van der Waals surface area (Å²) in [5.74, 6) is 1.60. The molecule has 2 saturated heterocycles. The first-order valence-corrected chi connectivity index (χ1v) is 6.83. The molecule has 0 atom stereocenters. The number of aromatic nitrogens is 2. The Morgan fingerprint density at radius 3 is 2.47 bits per heavy atom. The van der Waals surface area contributed by atoms with Crippen LogP contribution in [-0.4, -0.2) is 60.0 Å². The van der Waals surface area contributed by atoms with Gasteiger partial charge in [-0.1, -0.05) is 0 Å². The number of carbonyl (C=O) groups excluding carboxylic acids is 1. The maximum Gasteiger partial charge on any atom is 0.225 e. The quantitative estimate of drug-likeness (QED) is 0.812. The molecule has 3 heterocycles. The number of piperazine rings is 1. The zero-order valence-electron chi connectivity index (χ0n) is 11.0. The third kappa shape index (κ3) is 2.84. The Kier molecular flexibility index (Phi) is 3.59. The van der Waals surface area contributed by atoms with E-state index in [4.69, 9.17) is 0 Å². The van der Waals surface area contributed by atoms with E-state index in [9.17, 15) is 4.79 Å². The van der Waals surface area contributed by atoms with E-state index in [1.54, 1.807) is 12.4 Å². The van der Waals surface area contributed by atoms with Gasteiger partial charge in [-0.05, 0) is 25.1 Å². The van der Waals surface area contributed by atoms with E-state index in [1.165, 1.54) is 0 Å². The molecule has 1 aromatic heterocycles. The van der Waals surface area contributed by atoms with Gasteiger partial charge in [0.2, 0.25) is 11.9 Å². The molecule has 6 heteroatoms. The van der Waals surface area contributed by atoms with E-state index < -0.39 is 0 Å². The van der Waals surface area contributed by atoms with Crippen LogP contribution >= 0.6 is 0 Å². The van der Waals surface area contributed by atoms with E-state index >= 15 is 0 Å². The topological polar surface area (TPSA) is 61.4 Å². The molecule has 0 aromatic carbocycles. The number of carbonyl (C=O) groups is 1. The summed E-state index contributed by atoms with van der Waals surface area (Å²) < 4.78 is 0. The highest BCUT2D eigenvalue weighted by atomic mass is 16.2. The van der Waals surface area contributed by atoms with Crippen molar-refractivity contribution < 1.29 is 4.79 Å². The smallest absolute Gasteiger partial charge is 0.225 e. The number of rotatable bonds is 3. The summed E-state index contributed by atoms with van der Waals surface area (Å²) in [5.41, 5.74) is 0. The van der Waals surface area contributed by atoms with Crippen LogP contribution in [0, 0.1) is 5.92 Å². The highest BCUT2D eigenvalue weighted by Crippen LogP contribution is 2.14. The molecular weight excluding hydrogens is 242 g/mol. The average Bonchev–Trinajstić information content (AvgIpc) is 2.44. The van der Waals surface area contributed by atoms with Gasteiger partial charge in [-0.3, -0.25) is 4.79 Å². The van der Waals surface area contributed by atoms with Gasteiger partial charge in [-0.15, -0.1) is 0 Å². The Labute approximate surface area is 112 Å². The van der Waals surface area contributed by atoms with Gasteiger partial charge < -0.3 is 15.1 Å². The fourth-order valence-corrected chi connectivity index (χ4v) is 2.48. The molecular formula is C13H19N5O. The first kappa shape index (κ1) is 12.3. The summed E-state index contributed by atoms with van der Waals surface area (Å²) in [4.78, 5) is 24.7. The fraction of sp³-hybridized carbons (Fsp3) is 0.615. The maximum absolute atomic E-state index is 12.1. The summed E-state index contributed by atoms with van der Waals surface area (Å²) in [6.45, 7) is 5.17. The molecule has 1 N–H and O–H groups in total. The second-order valence-electron chi connectivity index (χ2n) is 5.15. The minimum Gasteiger partial charge on any atom is -0.339 e. The summed E-state index contributed by atoms with van der Waals surface area (Å²) in [5, 5.41) is 3.20. The average molecular weight is 261 g/mol. The van der Waals surface area contributed by atoms with Crippen molar-refractivity contribution in [3.8, 4) is 0 Å². The Balaban J connectivity index is 1.50. The van der Waals surface area contributed by atoms with Crippen LogP contribution in [0.2, 0.25) is 0 Å². The Hall–Kier alpha value is -1.69. The van der Waals surface area contributed by atoms with Gasteiger partial charge in [0.15, 0.2) is 0 Å². The first-order valence-electron chi connectivity index (χ1n) is 6.83. The summed E-state index contributed by atoms with van der Waals surface area (Å²) in [6, 6.07) is 1.82. The molecule has 0 unspecified atom stereocenters. The van der Waals surface area contributed by atoms with Gasteiger partial charge in [0, 0.05) is 45.0 Å². The van der Waals surface area contributed by atoms with Gasteiger partial charge in [-0.2, -0.15) is 0 Å². The van der Waals surface area contributed by atoms with Gasteiger partial charge in [0.25, 0.3) is 0 Å². The lowest BCUT2D eigenvalue weighted by atomic mass is 9.98. The zero-order valence-corrected chi connectivity index (χ0v) is 11.0. The lowest BCUT2D eigenvalue weighted by Gasteiger charge is -2.36. The van der Waals surface area contributed by atoms with Crippen LogP contribution in [0.15, 0.2) is 18.5 Å². The maximum atomic E-state index is 12.1. The standard InChI is InChI=1S/C13H19N5O/c19-12(8-11-9-14-10-11)17-4-6-18(7-5-17)13-15-2-1-3-16-13/h1-3,11,14H,4-10H2. The Morgan fingerprint density at radius 2 is 1.89 bits per heavy atom. The van der Waals surface area contributed by atoms with E-state index in [0.29, 0.717) is 18.2 Å². The molecule has 1 amide bonds. The van der Waals surface area contributed by atoms with E-state index in [1.807, 2.05) is 11.0 Å². The Morgan fingerprint density at radius 1 is 1.21 bits per heavy atom. The van der Waals surface area contributed by atoms with Crippen molar-refractivity contribution in [2.45, 2.75) is 6.42 Å². The van der Waals surface area contributed by atoms with Crippen molar-refractivity contribution in [2.75, 3.05) is 44.2 Å². The number of hydrogen-bond donors (Lipinski definition) is 1. The van der Waals surface area contributed by atoms with Crippen LogP contribution in [0.1, 0.15) is 6.42 Å². The van der Waals surface area contributed by atoms with Crippen molar-refractivity contribution in [3.63, 3.8) is 0 Å². The predicted molar refractivity (Wildman–Crippen MR) is 71.8 cm³/mol. The molecule has 0 bridgehead atoms. The van der Waals surface area contributed by atoms with Crippen LogP contribution < -0.4 is 10.2 Å². The lowest BCUT2D eigenvalue weighted by Crippen LogP contribution is -2.51. The van der Waals surface area contributed by atoms with Gasteiger partial charge in [0.05, 0.1) is 0 Å². The summed E-state index contributed by atoms with van der Waals surface area (Å²) in [7, 11) is 0. The SMILES string of the molecule is O=C(CC1CNC1)N1CCN(c2ncccn2)CC1. The minimum absolute atomic E-state index is 0.292. The number of anilines is 1. The van der Waals surface area contributed by atoms with Crippen LogP contribution in [0.25, 0.3) is 0 Å². The van der Waals surface area contributed by atoms with Gasteiger partial charge in [0.1, 0.15) is 0 Å². The predicted octanol–water partition coefficient (Wildman–Crippen LogP) is -0.265. The number of nitrogens with zero attached hydrogens (tertiary/aromatic N) is 4. The molecule has 2 fully saturated rings. The normalized spacial score (nSPS) is 20.2. The molecule has 0 radical (unpaired) electrons. The van der Waals surface area contributed by atoms with Crippen LogP contribution in [0.4, 0.5) is 5.95 Å². The van der Waals surface area contributed by atoms with Crippen LogP contribution in [0.5, 0.6) is 0 Å². The monoisotopic (exact) mass is 261 g/mol. The first-order chi connectivity index (χ1) is 9.33. The highest BCUT2D eigenvalue weighted by molar-refractivity contribution is 5.77. The molecule has 1 aromatic rings. The molecule has 2 aliphatic rings. The molecule has 6 nitrogen and oxygen atoms in total. The number of nitrogens with one attached hydrogen (secondary N) is 1. The third-order valence-corrected chi connectivity index (χ3v) is 3.80. The van der Waals surface area contributed by atoms with Crippen molar-refractivity contribution in [2.24, 2.45) is 5.92 Å². The second kappa shape index (κ2) is 5.52. The van der Waals surface area contributed by atoms with Crippen molar-refractivity contribution >= 4 is 11.9 Å². The summed E-state index contributed by atoms with van der Waals surface area (Å²) >= 11 is 0. The highest BCUT2D eigenvalue weighted by Gasteiger charge is 2.26. The van der Waals surface area contributed by atoms with Crippen LogP contribution in [0.3, 0.4) is 0 Å². The zero-order chi connectivity index (χ0) is 13.1.